The van der Waals surface area contributed by atoms with Gasteiger partial charge in [0.1, 0.15) is 19.9 Å². The van der Waals surface area contributed by atoms with Gasteiger partial charge in [0, 0.05) is 17.2 Å². The fraction of sp³-hybridized carbons (Fsp3) is 0.613. The van der Waals surface area contributed by atoms with Gasteiger partial charge in [-0.2, -0.15) is 4.79 Å². The van der Waals surface area contributed by atoms with Gasteiger partial charge in [-0.15, -0.1) is 0 Å². The molecule has 0 amide bonds. The number of rotatable bonds is 8. The molecule has 0 spiro atoms. The van der Waals surface area contributed by atoms with Crippen molar-refractivity contribution in [2.75, 3.05) is 7.11 Å². The Balaban J connectivity index is 1.98. The highest BCUT2D eigenvalue weighted by Crippen LogP contribution is 2.42. The first-order chi connectivity index (χ1) is 17.0. The average Bonchev–Trinajstić information content (AvgIpc) is 2.84. The molecule has 2 aromatic rings. The van der Waals surface area contributed by atoms with Gasteiger partial charge in [0.15, 0.2) is 12.4 Å². The van der Waals surface area contributed by atoms with Crippen molar-refractivity contribution < 1.29 is 18.8 Å². The predicted molar refractivity (Wildman–Crippen MR) is 151 cm³/mol. The highest BCUT2D eigenvalue weighted by Gasteiger charge is 2.48. The largest absolute Gasteiger partial charge is 0.602 e. The number of nitrogens with zero attached hydrogens (tertiary/aromatic N) is 1. The molecule has 3 rings (SSSR count). The van der Waals surface area contributed by atoms with E-state index in [1.807, 2.05) is 18.5 Å². The van der Waals surface area contributed by atoms with Crippen molar-refractivity contribution in [3.05, 3.63) is 53.9 Å². The molecule has 0 radical (unpaired) electrons. The summed E-state index contributed by atoms with van der Waals surface area (Å²) in [5, 5.41) is 1.22. The van der Waals surface area contributed by atoms with Crippen LogP contribution in [0.3, 0.4) is 0 Å². The molecule has 36 heavy (non-hydrogen) atoms. The molecule has 1 aromatic carbocycles. The monoisotopic (exact) mass is 510 g/mol. The maximum absolute atomic E-state index is 13.6. The lowest BCUT2D eigenvalue weighted by molar-refractivity contribution is -0.586. The lowest BCUT2D eigenvalue weighted by Gasteiger charge is -2.43. The third-order valence-corrected chi connectivity index (χ3v) is 15.7. The van der Waals surface area contributed by atoms with Crippen molar-refractivity contribution in [2.24, 2.45) is 0 Å². The highest BCUT2D eigenvalue weighted by molar-refractivity contribution is 6.95. The molecule has 1 aromatic heterocycles. The van der Waals surface area contributed by atoms with Gasteiger partial charge in [0.25, 0.3) is 0 Å². The van der Waals surface area contributed by atoms with Crippen LogP contribution in [0.1, 0.15) is 104 Å². The predicted octanol–water partition coefficient (Wildman–Crippen LogP) is 7.70. The number of carbonyl (C=O) groups is 1. The Morgan fingerprint density at radius 2 is 1.53 bits per heavy atom. The summed E-state index contributed by atoms with van der Waals surface area (Å²) in [6.07, 6.45) is 7.71. The maximum atomic E-state index is 13.6. The molecular weight excluding hydrogens is 462 g/mol. The lowest BCUT2D eigenvalue weighted by atomic mass is 9.78. The smallest absolute Gasteiger partial charge is 0.496 e. The zero-order valence-electron chi connectivity index (χ0n) is 24.0. The third kappa shape index (κ3) is 5.41. The van der Waals surface area contributed by atoms with Crippen molar-refractivity contribution in [1.82, 2.24) is 0 Å². The fourth-order valence-electron chi connectivity index (χ4n) is 7.19. The number of pyridine rings is 1. The summed E-state index contributed by atoms with van der Waals surface area (Å²) < 4.78 is 13.8. The van der Waals surface area contributed by atoms with Gasteiger partial charge in [-0.3, -0.25) is 0 Å². The van der Waals surface area contributed by atoms with E-state index in [2.05, 4.69) is 79.7 Å². The lowest BCUT2D eigenvalue weighted by Crippen LogP contribution is -2.59. The second kappa shape index (κ2) is 11.9. The van der Waals surface area contributed by atoms with Crippen LogP contribution in [-0.2, 0) is 4.74 Å². The van der Waals surface area contributed by atoms with E-state index in [9.17, 15) is 4.79 Å². The van der Waals surface area contributed by atoms with Crippen molar-refractivity contribution in [1.29, 1.82) is 0 Å². The number of carbonyl (C=O) groups excluding carboxylic acids is 1. The minimum atomic E-state index is -2.04. The number of ether oxygens (including phenoxy) is 2. The van der Waals surface area contributed by atoms with Crippen molar-refractivity contribution in [3.63, 3.8) is 0 Å². The van der Waals surface area contributed by atoms with Crippen LogP contribution in [0.25, 0.3) is 0 Å². The molecule has 5 heteroatoms. The van der Waals surface area contributed by atoms with Gasteiger partial charge in [-0.1, -0.05) is 90.6 Å². The summed E-state index contributed by atoms with van der Waals surface area (Å²) in [6.45, 7) is 18.5. The molecule has 0 saturated heterocycles. The zero-order chi connectivity index (χ0) is 26.6. The number of aromatic nitrogens is 1. The quantitative estimate of drug-likeness (QED) is 0.270. The first-order valence-corrected chi connectivity index (χ1v) is 16.2. The van der Waals surface area contributed by atoms with Gasteiger partial charge in [0.05, 0.1) is 7.11 Å². The molecule has 0 aliphatic heterocycles. The Morgan fingerprint density at radius 3 is 2.11 bits per heavy atom. The molecule has 198 valence electrons. The van der Waals surface area contributed by atoms with Crippen LogP contribution in [0.2, 0.25) is 16.6 Å². The van der Waals surface area contributed by atoms with Crippen molar-refractivity contribution >= 4 is 19.4 Å². The van der Waals surface area contributed by atoms with E-state index < -0.39 is 8.07 Å². The van der Waals surface area contributed by atoms with E-state index in [1.165, 1.54) is 22.7 Å². The summed E-state index contributed by atoms with van der Waals surface area (Å²) >= 11 is 0. The maximum Gasteiger partial charge on any atom is 0.602 e. The molecule has 1 aliphatic carbocycles. The van der Waals surface area contributed by atoms with Crippen LogP contribution >= 0.6 is 0 Å². The van der Waals surface area contributed by atoms with Crippen molar-refractivity contribution in [3.8, 4) is 5.75 Å². The summed E-state index contributed by atoms with van der Waals surface area (Å²) in [4.78, 5) is 13.6. The topological polar surface area (TPSA) is 39.4 Å². The summed E-state index contributed by atoms with van der Waals surface area (Å²) in [5.41, 5.74) is 4.23. The molecule has 0 bridgehead atoms. The van der Waals surface area contributed by atoms with Gasteiger partial charge in [-0.05, 0) is 52.9 Å². The van der Waals surface area contributed by atoms with Crippen LogP contribution in [0, 0.1) is 0 Å². The zero-order valence-corrected chi connectivity index (χ0v) is 25.0. The van der Waals surface area contributed by atoms with Crippen LogP contribution in [0.5, 0.6) is 5.75 Å². The summed E-state index contributed by atoms with van der Waals surface area (Å²) in [6, 6.07) is 10.7. The molecule has 0 N–H and O–H groups in total. The van der Waals surface area contributed by atoms with Crippen LogP contribution < -0.4 is 14.5 Å². The minimum Gasteiger partial charge on any atom is -0.496 e. The van der Waals surface area contributed by atoms with E-state index in [0.29, 0.717) is 22.5 Å². The van der Waals surface area contributed by atoms with Crippen LogP contribution in [-0.4, -0.2) is 27.4 Å². The number of hydrogen-bond acceptors (Lipinski definition) is 3. The Morgan fingerprint density at radius 1 is 0.917 bits per heavy atom. The Bertz CT molecular complexity index is 1010. The third-order valence-electron chi connectivity index (χ3n) is 8.66. The van der Waals surface area contributed by atoms with Gasteiger partial charge in [0.2, 0.25) is 0 Å². The number of benzene rings is 1. The second-order valence-corrected chi connectivity index (χ2v) is 17.7. The fourth-order valence-corrected chi connectivity index (χ4v) is 14.0. The number of hydrogen-bond donors (Lipinski definition) is 0. The van der Waals surface area contributed by atoms with E-state index in [1.54, 1.807) is 11.7 Å². The van der Waals surface area contributed by atoms with Crippen LogP contribution in [0.4, 0.5) is 4.79 Å². The van der Waals surface area contributed by atoms with E-state index in [-0.39, 0.29) is 18.1 Å². The first kappa shape index (κ1) is 28.4. The molecular formula is C31H48NO3Si+. The average molecular weight is 511 g/mol. The molecule has 0 unspecified atom stereocenters. The molecule has 4 nitrogen and oxygen atoms in total. The normalized spacial score (nSPS) is 18.8. The molecule has 1 heterocycles. The van der Waals surface area contributed by atoms with Crippen molar-refractivity contribution in [2.45, 2.75) is 116 Å². The Kier molecular flexibility index (Phi) is 9.43. The minimum absolute atomic E-state index is 0.105. The molecule has 1 fully saturated rings. The van der Waals surface area contributed by atoms with E-state index >= 15 is 0 Å². The first-order valence-electron chi connectivity index (χ1n) is 13.9. The molecule has 1 saturated carbocycles. The van der Waals surface area contributed by atoms with Gasteiger partial charge in [-0.25, -0.2) is 0 Å². The summed E-state index contributed by atoms with van der Waals surface area (Å²) in [5.74, 6) is 1.58. The Hall–Kier alpha value is -2.14. The second-order valence-electron chi connectivity index (χ2n) is 11.8. The Labute approximate surface area is 220 Å². The highest BCUT2D eigenvalue weighted by atomic mass is 28.3. The molecule has 2 atom stereocenters. The summed E-state index contributed by atoms with van der Waals surface area (Å²) in [7, 11) is -0.302. The van der Waals surface area contributed by atoms with E-state index in [0.717, 1.165) is 25.0 Å². The number of methoxy groups -OCH3 is 1. The standard InChI is InChI=1S/C31H48NO3Si/c1-21(2)25-14-10-11-15-26(25)27-16-12-13-17-28(27)35-31(33)32-19-18-29(34-9)30(20-32)36(22(3)4,23(5)6)24(7)8/h10-11,14-15,18-24,27-28H,12-13,16-17H2,1-9H3/q+1/t27-,28+/m0/s1. The molecule has 1 aliphatic rings. The van der Waals surface area contributed by atoms with Crippen LogP contribution in [0.15, 0.2) is 42.7 Å². The van der Waals surface area contributed by atoms with Gasteiger partial charge < -0.3 is 9.47 Å². The van der Waals surface area contributed by atoms with Gasteiger partial charge >= 0.3 is 6.09 Å². The van der Waals surface area contributed by atoms with E-state index in [4.69, 9.17) is 9.47 Å². The SMILES string of the molecule is COc1cc[n+](C(=O)O[C@@H]2CCCC[C@H]2c2ccccc2C(C)C)cc1[Si](C(C)C)(C(C)C)C(C)C.